The second-order valence-electron chi connectivity index (χ2n) is 3.77. The van der Waals surface area contributed by atoms with Gasteiger partial charge in [0.25, 0.3) is 0 Å². The third-order valence-corrected chi connectivity index (χ3v) is 3.14. The molecule has 4 heteroatoms. The predicted molar refractivity (Wildman–Crippen MR) is 43.4 cm³/mol. The van der Waals surface area contributed by atoms with Crippen LogP contribution < -0.4 is 5.32 Å². The highest BCUT2D eigenvalue weighted by Crippen LogP contribution is 2.49. The molecule has 0 amide bonds. The lowest BCUT2D eigenvalue weighted by atomic mass is 10.3. The van der Waals surface area contributed by atoms with Crippen LogP contribution in [0.5, 0.6) is 0 Å². The van der Waals surface area contributed by atoms with Gasteiger partial charge in [0.05, 0.1) is 6.20 Å². The highest BCUT2D eigenvalue weighted by atomic mass is 15.4. The first kappa shape index (κ1) is 6.60. The summed E-state index contributed by atoms with van der Waals surface area (Å²) in [6.07, 6.45) is 3.69. The minimum Gasteiger partial charge on any atom is -0.316 e. The van der Waals surface area contributed by atoms with Gasteiger partial charge < -0.3 is 5.32 Å². The Bertz CT molecular complexity index is 259. The molecule has 0 unspecified atom stereocenters. The summed E-state index contributed by atoms with van der Waals surface area (Å²) < 4.78 is 1.95. The second-order valence-corrected chi connectivity index (χ2v) is 3.77. The number of nitrogens with zero attached hydrogens (tertiary/aromatic N) is 3. The van der Waals surface area contributed by atoms with E-state index < -0.39 is 0 Å². The fourth-order valence-electron chi connectivity index (χ4n) is 2.36. The molecule has 2 fully saturated rings. The average molecular weight is 164 g/mol. The molecule has 12 heavy (non-hydrogen) atoms. The summed E-state index contributed by atoms with van der Waals surface area (Å²) >= 11 is 0. The van der Waals surface area contributed by atoms with Gasteiger partial charge >= 0.3 is 0 Å². The summed E-state index contributed by atoms with van der Waals surface area (Å²) in [7, 11) is 0. The maximum Gasteiger partial charge on any atom is 0.0692 e. The van der Waals surface area contributed by atoms with Crippen LogP contribution >= 0.6 is 0 Å². The molecule has 2 heterocycles. The zero-order valence-corrected chi connectivity index (χ0v) is 6.85. The van der Waals surface area contributed by atoms with Crippen LogP contribution in [0.3, 0.4) is 0 Å². The van der Waals surface area contributed by atoms with Gasteiger partial charge in [0, 0.05) is 12.7 Å². The zero-order chi connectivity index (χ0) is 7.97. The summed E-state index contributed by atoms with van der Waals surface area (Å²) in [5.74, 6) is 2.72. The summed E-state index contributed by atoms with van der Waals surface area (Å²) in [5.41, 5.74) is 0. The molecule has 1 saturated carbocycles. The van der Waals surface area contributed by atoms with Crippen LogP contribution in [0.15, 0.2) is 12.4 Å². The van der Waals surface area contributed by atoms with Crippen LogP contribution in [0.1, 0.15) is 0 Å². The van der Waals surface area contributed by atoms with Gasteiger partial charge in [0.1, 0.15) is 0 Å². The van der Waals surface area contributed by atoms with Crippen molar-refractivity contribution in [3.8, 4) is 0 Å². The van der Waals surface area contributed by atoms with Gasteiger partial charge in [-0.25, -0.2) is 0 Å². The van der Waals surface area contributed by atoms with Crippen molar-refractivity contribution in [3.63, 3.8) is 0 Å². The smallest absolute Gasteiger partial charge is 0.0692 e. The van der Waals surface area contributed by atoms with Crippen molar-refractivity contribution in [2.75, 3.05) is 13.1 Å². The number of hydrogen-bond donors (Lipinski definition) is 1. The maximum absolute atomic E-state index is 3.97. The third kappa shape index (κ3) is 0.876. The van der Waals surface area contributed by atoms with E-state index >= 15 is 0 Å². The number of aromatic nitrogens is 3. The number of nitrogens with one attached hydrogen (secondary N) is 1. The topological polar surface area (TPSA) is 42.7 Å². The lowest BCUT2D eigenvalue weighted by Gasteiger charge is -2.02. The van der Waals surface area contributed by atoms with Gasteiger partial charge in [-0.2, -0.15) is 0 Å². The number of fused-ring (bicyclic) bond motifs is 1. The van der Waals surface area contributed by atoms with Crippen molar-refractivity contribution in [2.24, 2.45) is 17.8 Å². The molecule has 0 spiro atoms. The van der Waals surface area contributed by atoms with Crippen molar-refractivity contribution in [1.82, 2.24) is 20.3 Å². The molecule has 1 aliphatic carbocycles. The fraction of sp³-hybridized carbons (Fsp3) is 0.750. The first-order valence-electron chi connectivity index (χ1n) is 4.50. The first-order chi connectivity index (χ1) is 5.95. The van der Waals surface area contributed by atoms with Gasteiger partial charge in [0.2, 0.25) is 0 Å². The Morgan fingerprint density at radius 3 is 2.92 bits per heavy atom. The normalized spacial score (nSPS) is 38.2. The Hall–Kier alpha value is -0.900. The monoisotopic (exact) mass is 164 g/mol. The van der Waals surface area contributed by atoms with Gasteiger partial charge in [-0.1, -0.05) is 5.21 Å². The van der Waals surface area contributed by atoms with Gasteiger partial charge in [-0.3, -0.25) is 4.68 Å². The predicted octanol–water partition coefficient (Wildman–Crippen LogP) is -0.257. The van der Waals surface area contributed by atoms with E-state index in [0.717, 1.165) is 24.3 Å². The molecular weight excluding hydrogens is 152 g/mol. The molecule has 0 radical (unpaired) electrons. The van der Waals surface area contributed by atoms with Gasteiger partial charge in [-0.15, -0.1) is 5.10 Å². The van der Waals surface area contributed by atoms with Crippen LogP contribution in [0.2, 0.25) is 0 Å². The van der Waals surface area contributed by atoms with E-state index in [1.54, 1.807) is 6.20 Å². The molecule has 1 N–H and O–H groups in total. The molecule has 1 saturated heterocycles. The molecule has 4 nitrogen and oxygen atoms in total. The van der Waals surface area contributed by atoms with Crippen molar-refractivity contribution in [3.05, 3.63) is 12.4 Å². The van der Waals surface area contributed by atoms with Crippen molar-refractivity contribution < 1.29 is 0 Å². The van der Waals surface area contributed by atoms with Crippen molar-refractivity contribution in [2.45, 2.75) is 6.54 Å². The van der Waals surface area contributed by atoms with E-state index in [-0.39, 0.29) is 0 Å². The lowest BCUT2D eigenvalue weighted by Crippen LogP contribution is -2.17. The second kappa shape index (κ2) is 2.29. The van der Waals surface area contributed by atoms with E-state index in [2.05, 4.69) is 15.6 Å². The molecule has 0 bridgehead atoms. The molecule has 1 aliphatic heterocycles. The zero-order valence-electron chi connectivity index (χ0n) is 6.85. The van der Waals surface area contributed by atoms with E-state index in [1.807, 2.05) is 10.9 Å². The first-order valence-corrected chi connectivity index (χ1v) is 4.50. The van der Waals surface area contributed by atoms with Crippen LogP contribution in [-0.4, -0.2) is 28.1 Å². The average Bonchev–Trinajstić information content (AvgIpc) is 2.59. The Morgan fingerprint density at radius 1 is 1.42 bits per heavy atom. The summed E-state index contributed by atoms with van der Waals surface area (Å²) in [5, 5.41) is 11.2. The van der Waals surface area contributed by atoms with Crippen LogP contribution in [0.25, 0.3) is 0 Å². The minimum absolute atomic E-state index is 0.868. The number of piperidine rings is 1. The molecule has 3 rings (SSSR count). The maximum atomic E-state index is 3.97. The number of rotatable bonds is 2. The quantitative estimate of drug-likeness (QED) is 0.655. The van der Waals surface area contributed by atoms with E-state index in [9.17, 15) is 0 Å². The van der Waals surface area contributed by atoms with Gasteiger partial charge in [0.15, 0.2) is 0 Å². The fourth-order valence-corrected chi connectivity index (χ4v) is 2.36. The third-order valence-electron chi connectivity index (χ3n) is 3.14. The molecular formula is C8H12N4. The minimum atomic E-state index is 0.868. The molecule has 1 aromatic rings. The molecule has 3 atom stereocenters. The highest BCUT2D eigenvalue weighted by Gasteiger charge is 2.52. The standard InChI is InChI=1S/C8H12N4/c1-2-12(11-10-1)5-8-6-3-9-4-7(6)8/h1-2,6-9H,3-5H2/t6-,7+,8+. The number of hydrogen-bond acceptors (Lipinski definition) is 3. The molecule has 0 aromatic carbocycles. The molecule has 1 aromatic heterocycles. The highest BCUT2D eigenvalue weighted by molar-refractivity contribution is 5.03. The molecule has 64 valence electrons. The van der Waals surface area contributed by atoms with Crippen LogP contribution in [0.4, 0.5) is 0 Å². The molecule has 2 aliphatic rings. The largest absolute Gasteiger partial charge is 0.316 e. The van der Waals surface area contributed by atoms with E-state index in [1.165, 1.54) is 13.1 Å². The Morgan fingerprint density at radius 2 is 2.25 bits per heavy atom. The van der Waals surface area contributed by atoms with Crippen LogP contribution in [-0.2, 0) is 6.54 Å². The Balaban J connectivity index is 1.65. The summed E-state index contributed by atoms with van der Waals surface area (Å²) in [4.78, 5) is 0. The summed E-state index contributed by atoms with van der Waals surface area (Å²) in [6, 6.07) is 0. The van der Waals surface area contributed by atoms with Crippen LogP contribution in [0, 0.1) is 17.8 Å². The van der Waals surface area contributed by atoms with E-state index in [4.69, 9.17) is 0 Å². The van der Waals surface area contributed by atoms with Crippen molar-refractivity contribution in [1.29, 1.82) is 0 Å². The van der Waals surface area contributed by atoms with Gasteiger partial charge in [-0.05, 0) is 30.8 Å². The lowest BCUT2D eigenvalue weighted by molar-refractivity contribution is 0.474. The summed E-state index contributed by atoms with van der Waals surface area (Å²) in [6.45, 7) is 3.49. The van der Waals surface area contributed by atoms with E-state index in [0.29, 0.717) is 0 Å². The Kier molecular flexibility index (Phi) is 1.26. The van der Waals surface area contributed by atoms with Crippen molar-refractivity contribution >= 4 is 0 Å². The Labute approximate surface area is 71.0 Å². The SMILES string of the molecule is c1cn(C[C@H]2[C@@H]3CNC[C@@H]32)nn1.